The van der Waals surface area contributed by atoms with Crippen molar-refractivity contribution < 1.29 is 4.79 Å². The zero-order valence-electron chi connectivity index (χ0n) is 9.55. The third-order valence-corrected chi connectivity index (χ3v) is 2.19. The fourth-order valence-corrected chi connectivity index (χ4v) is 1.49. The first kappa shape index (κ1) is 11.6. The molecule has 0 saturated carbocycles. The van der Waals surface area contributed by atoms with Crippen molar-refractivity contribution in [1.29, 1.82) is 0 Å². The van der Waals surface area contributed by atoms with Crippen LogP contribution < -0.4 is 10.6 Å². The van der Waals surface area contributed by atoms with Gasteiger partial charge >= 0.3 is 0 Å². The molecule has 1 aromatic carbocycles. The van der Waals surface area contributed by atoms with Gasteiger partial charge in [0, 0.05) is 24.3 Å². The molecule has 1 amide bonds. The molecule has 1 rings (SSSR count). The Kier molecular flexibility index (Phi) is 4.16. The van der Waals surface area contributed by atoms with Gasteiger partial charge < -0.3 is 10.6 Å². The lowest BCUT2D eigenvalue weighted by atomic mass is 10.1. The van der Waals surface area contributed by atoms with Crippen LogP contribution in [-0.2, 0) is 0 Å². The van der Waals surface area contributed by atoms with Crippen molar-refractivity contribution in [3.8, 4) is 0 Å². The largest absolute Gasteiger partial charge is 0.385 e. The van der Waals surface area contributed by atoms with Gasteiger partial charge in [0.1, 0.15) is 0 Å². The van der Waals surface area contributed by atoms with Crippen molar-refractivity contribution in [2.45, 2.75) is 20.8 Å². The predicted octanol–water partition coefficient (Wildman–Crippen LogP) is 2.18. The molecule has 0 spiro atoms. The molecular formula is C12H18N2O. The summed E-state index contributed by atoms with van der Waals surface area (Å²) < 4.78 is 0. The summed E-state index contributed by atoms with van der Waals surface area (Å²) in [6, 6.07) is 5.79. The molecule has 3 heteroatoms. The highest BCUT2D eigenvalue weighted by atomic mass is 16.1. The van der Waals surface area contributed by atoms with Gasteiger partial charge in [0.05, 0.1) is 0 Å². The Balaban J connectivity index is 2.87. The molecule has 0 saturated heterocycles. The van der Waals surface area contributed by atoms with Crippen molar-refractivity contribution in [3.05, 3.63) is 29.3 Å². The maximum absolute atomic E-state index is 11.6. The quantitative estimate of drug-likeness (QED) is 0.792. The molecule has 0 aliphatic rings. The monoisotopic (exact) mass is 206 g/mol. The van der Waals surface area contributed by atoms with E-state index in [1.54, 1.807) is 0 Å². The highest BCUT2D eigenvalue weighted by Crippen LogP contribution is 2.14. The maximum Gasteiger partial charge on any atom is 0.251 e. The Morgan fingerprint density at radius 3 is 2.53 bits per heavy atom. The standard InChI is InChI=1S/C12H18N2O/c1-4-13-10-6-7-11(9(3)8-10)12(15)14-5-2/h6-8,13H,4-5H2,1-3H3,(H,14,15). The van der Waals surface area contributed by atoms with Crippen LogP contribution in [0.2, 0.25) is 0 Å². The highest BCUT2D eigenvalue weighted by Gasteiger charge is 2.07. The minimum Gasteiger partial charge on any atom is -0.385 e. The van der Waals surface area contributed by atoms with Crippen LogP contribution >= 0.6 is 0 Å². The molecule has 0 aliphatic heterocycles. The Bertz CT molecular complexity index is 347. The first-order valence-electron chi connectivity index (χ1n) is 5.31. The Labute approximate surface area is 90.9 Å². The number of nitrogens with one attached hydrogen (secondary N) is 2. The lowest BCUT2D eigenvalue weighted by molar-refractivity contribution is 0.0955. The fraction of sp³-hybridized carbons (Fsp3) is 0.417. The van der Waals surface area contributed by atoms with Crippen molar-refractivity contribution in [3.63, 3.8) is 0 Å². The van der Waals surface area contributed by atoms with Crippen LogP contribution in [0.3, 0.4) is 0 Å². The van der Waals surface area contributed by atoms with Crippen LogP contribution in [0.1, 0.15) is 29.8 Å². The number of carbonyl (C=O) groups excluding carboxylic acids is 1. The van der Waals surface area contributed by atoms with Crippen LogP contribution in [-0.4, -0.2) is 19.0 Å². The minimum atomic E-state index is -0.00181. The number of anilines is 1. The zero-order chi connectivity index (χ0) is 11.3. The zero-order valence-corrected chi connectivity index (χ0v) is 9.55. The van der Waals surface area contributed by atoms with Crippen molar-refractivity contribution in [2.75, 3.05) is 18.4 Å². The van der Waals surface area contributed by atoms with E-state index in [1.807, 2.05) is 39.0 Å². The first-order valence-corrected chi connectivity index (χ1v) is 5.31. The van der Waals surface area contributed by atoms with E-state index in [0.29, 0.717) is 6.54 Å². The summed E-state index contributed by atoms with van der Waals surface area (Å²) in [6.07, 6.45) is 0. The van der Waals surface area contributed by atoms with Crippen LogP contribution in [0.15, 0.2) is 18.2 Å². The number of carbonyl (C=O) groups is 1. The fourth-order valence-electron chi connectivity index (χ4n) is 1.49. The number of amides is 1. The summed E-state index contributed by atoms with van der Waals surface area (Å²) in [4.78, 5) is 11.6. The van der Waals surface area contributed by atoms with E-state index < -0.39 is 0 Å². The van der Waals surface area contributed by atoms with Gasteiger partial charge in [0.15, 0.2) is 0 Å². The van der Waals surface area contributed by atoms with E-state index in [2.05, 4.69) is 10.6 Å². The average molecular weight is 206 g/mol. The molecule has 0 aliphatic carbocycles. The molecule has 0 aromatic heterocycles. The molecular weight excluding hydrogens is 188 g/mol. The van der Waals surface area contributed by atoms with Crippen molar-refractivity contribution in [2.24, 2.45) is 0 Å². The second-order valence-corrected chi connectivity index (χ2v) is 3.42. The van der Waals surface area contributed by atoms with Crippen LogP contribution in [0.4, 0.5) is 5.69 Å². The van der Waals surface area contributed by atoms with E-state index in [0.717, 1.165) is 23.4 Å². The number of hydrogen-bond donors (Lipinski definition) is 2. The van der Waals surface area contributed by atoms with Gasteiger partial charge in [0.25, 0.3) is 5.91 Å². The van der Waals surface area contributed by atoms with E-state index in [4.69, 9.17) is 0 Å². The summed E-state index contributed by atoms with van der Waals surface area (Å²) >= 11 is 0. The number of rotatable bonds is 4. The molecule has 3 nitrogen and oxygen atoms in total. The van der Waals surface area contributed by atoms with E-state index in [1.165, 1.54) is 0 Å². The molecule has 15 heavy (non-hydrogen) atoms. The predicted molar refractivity (Wildman–Crippen MR) is 63.3 cm³/mol. The highest BCUT2D eigenvalue weighted by molar-refractivity contribution is 5.96. The lowest BCUT2D eigenvalue weighted by Crippen LogP contribution is -2.23. The molecule has 0 fully saturated rings. The topological polar surface area (TPSA) is 41.1 Å². The van der Waals surface area contributed by atoms with Gasteiger partial charge in [-0.25, -0.2) is 0 Å². The van der Waals surface area contributed by atoms with Crippen molar-refractivity contribution >= 4 is 11.6 Å². The molecule has 1 aromatic rings. The van der Waals surface area contributed by atoms with Gasteiger partial charge in [-0.1, -0.05) is 0 Å². The van der Waals surface area contributed by atoms with Gasteiger partial charge in [0.2, 0.25) is 0 Å². The second-order valence-electron chi connectivity index (χ2n) is 3.42. The molecule has 82 valence electrons. The van der Waals surface area contributed by atoms with Crippen LogP contribution in [0.5, 0.6) is 0 Å². The molecule has 0 unspecified atom stereocenters. The summed E-state index contributed by atoms with van der Waals surface area (Å²) in [5.41, 5.74) is 2.81. The van der Waals surface area contributed by atoms with Gasteiger partial charge in [-0.15, -0.1) is 0 Å². The van der Waals surface area contributed by atoms with Crippen molar-refractivity contribution in [1.82, 2.24) is 5.32 Å². The summed E-state index contributed by atoms with van der Waals surface area (Å²) in [7, 11) is 0. The number of benzene rings is 1. The molecule has 0 radical (unpaired) electrons. The molecule has 0 bridgehead atoms. The minimum absolute atomic E-state index is 0.00181. The van der Waals surface area contributed by atoms with E-state index >= 15 is 0 Å². The summed E-state index contributed by atoms with van der Waals surface area (Å²) in [5.74, 6) is -0.00181. The summed E-state index contributed by atoms with van der Waals surface area (Å²) in [6.45, 7) is 7.46. The normalized spacial score (nSPS) is 9.80. The number of hydrogen-bond acceptors (Lipinski definition) is 2. The van der Waals surface area contributed by atoms with Gasteiger partial charge in [-0.2, -0.15) is 0 Å². The Morgan fingerprint density at radius 1 is 1.27 bits per heavy atom. The molecule has 2 N–H and O–H groups in total. The second kappa shape index (κ2) is 5.39. The summed E-state index contributed by atoms with van der Waals surface area (Å²) in [5, 5.41) is 6.01. The molecule has 0 atom stereocenters. The molecule has 0 heterocycles. The smallest absolute Gasteiger partial charge is 0.251 e. The SMILES string of the molecule is CCNC(=O)c1ccc(NCC)cc1C. The Morgan fingerprint density at radius 2 is 2.00 bits per heavy atom. The maximum atomic E-state index is 11.6. The third kappa shape index (κ3) is 2.98. The average Bonchev–Trinajstić information content (AvgIpc) is 2.18. The van der Waals surface area contributed by atoms with Crippen LogP contribution in [0.25, 0.3) is 0 Å². The van der Waals surface area contributed by atoms with Crippen LogP contribution in [0, 0.1) is 6.92 Å². The Hall–Kier alpha value is -1.51. The lowest BCUT2D eigenvalue weighted by Gasteiger charge is -2.09. The van der Waals surface area contributed by atoms with Gasteiger partial charge in [-0.05, 0) is 44.5 Å². The van der Waals surface area contributed by atoms with E-state index in [9.17, 15) is 4.79 Å². The first-order chi connectivity index (χ1) is 7.19. The van der Waals surface area contributed by atoms with E-state index in [-0.39, 0.29) is 5.91 Å². The number of aryl methyl sites for hydroxylation is 1. The third-order valence-electron chi connectivity index (χ3n) is 2.19. The van der Waals surface area contributed by atoms with Gasteiger partial charge in [-0.3, -0.25) is 4.79 Å².